The van der Waals surface area contributed by atoms with Crippen LogP contribution in [0.2, 0.25) is 0 Å². The molecular formula is C23H30O10. The highest BCUT2D eigenvalue weighted by atomic mass is 16.7. The van der Waals surface area contributed by atoms with Crippen LogP contribution in [0, 0.1) is 0 Å². The van der Waals surface area contributed by atoms with Crippen LogP contribution in [0.15, 0.2) is 42.5 Å². The van der Waals surface area contributed by atoms with E-state index in [2.05, 4.69) is 0 Å². The smallest absolute Gasteiger partial charge is 0.186 e. The van der Waals surface area contributed by atoms with Gasteiger partial charge in [0.05, 0.1) is 27.4 Å². The number of phenolic OH excluding ortho intramolecular Hbond substituents is 1. The molecule has 1 aliphatic rings. The molecule has 1 saturated heterocycles. The average Bonchev–Trinajstić information content (AvgIpc) is 3.12. The van der Waals surface area contributed by atoms with E-state index in [0.29, 0.717) is 17.1 Å². The first kappa shape index (κ1) is 25.0. The molecule has 33 heavy (non-hydrogen) atoms. The molecule has 0 radical (unpaired) electrons. The van der Waals surface area contributed by atoms with Crippen LogP contribution in [0.5, 0.6) is 23.0 Å². The molecule has 0 aromatic heterocycles. The molecule has 0 unspecified atom stereocenters. The molecular weight excluding hydrogens is 436 g/mol. The third-order valence-corrected chi connectivity index (χ3v) is 5.39. The van der Waals surface area contributed by atoms with Gasteiger partial charge in [0.2, 0.25) is 0 Å². The molecule has 1 fully saturated rings. The number of benzene rings is 2. The molecule has 3 rings (SSSR count). The quantitative estimate of drug-likeness (QED) is 0.380. The van der Waals surface area contributed by atoms with Gasteiger partial charge >= 0.3 is 0 Å². The van der Waals surface area contributed by atoms with E-state index >= 15 is 0 Å². The molecule has 1 aliphatic heterocycles. The number of phenols is 1. The summed E-state index contributed by atoms with van der Waals surface area (Å²) in [7, 11) is 4.28. The maximum atomic E-state index is 10.3. The molecule has 0 aliphatic carbocycles. The number of methoxy groups -OCH3 is 3. The lowest BCUT2D eigenvalue weighted by Crippen LogP contribution is -2.37. The van der Waals surface area contributed by atoms with Gasteiger partial charge in [-0.2, -0.15) is 0 Å². The van der Waals surface area contributed by atoms with Gasteiger partial charge < -0.3 is 48.8 Å². The third-order valence-electron chi connectivity index (χ3n) is 5.39. The summed E-state index contributed by atoms with van der Waals surface area (Å²) in [5.74, 6) is 1.01. The van der Waals surface area contributed by atoms with Gasteiger partial charge in [-0.1, -0.05) is 18.2 Å². The summed E-state index contributed by atoms with van der Waals surface area (Å²) in [5.41, 5.74) is 0.537. The van der Waals surface area contributed by atoms with Crippen molar-refractivity contribution in [3.05, 3.63) is 48.0 Å². The highest BCUT2D eigenvalue weighted by Gasteiger charge is 2.43. The third kappa shape index (κ3) is 5.67. The van der Waals surface area contributed by atoms with Gasteiger partial charge in [-0.05, 0) is 29.8 Å². The number of hydrogen-bond acceptors (Lipinski definition) is 10. The Hall–Kier alpha value is -2.60. The number of para-hydroxylation sites is 2. The van der Waals surface area contributed by atoms with Crippen molar-refractivity contribution < 1.29 is 48.8 Å². The molecule has 10 heteroatoms. The fourth-order valence-corrected chi connectivity index (χ4v) is 3.61. The van der Waals surface area contributed by atoms with Crippen LogP contribution >= 0.6 is 0 Å². The van der Waals surface area contributed by atoms with Crippen molar-refractivity contribution in [1.82, 2.24) is 0 Å². The molecule has 182 valence electrons. The topological polar surface area (TPSA) is 136 Å². The van der Waals surface area contributed by atoms with Crippen molar-refractivity contribution in [3.8, 4) is 23.0 Å². The molecule has 4 N–H and O–H groups in total. The second kappa shape index (κ2) is 11.5. The zero-order valence-corrected chi connectivity index (χ0v) is 18.7. The number of ether oxygens (including phenoxy) is 6. The zero-order chi connectivity index (χ0) is 24.0. The SMILES string of the molecule is COc1cc([C@@H](OC[C@@H]2O[C@@H](OC)[C@H](O)[C@H]2O)[C@H](CO)Oc2ccccc2OC)ccc1O. The van der Waals surface area contributed by atoms with E-state index in [-0.39, 0.29) is 18.1 Å². The van der Waals surface area contributed by atoms with Crippen LogP contribution in [0.4, 0.5) is 0 Å². The van der Waals surface area contributed by atoms with Crippen LogP contribution < -0.4 is 14.2 Å². The molecule has 6 atom stereocenters. The van der Waals surface area contributed by atoms with E-state index in [1.54, 1.807) is 36.4 Å². The molecule has 0 spiro atoms. The van der Waals surface area contributed by atoms with E-state index in [1.165, 1.54) is 27.4 Å². The van der Waals surface area contributed by atoms with Crippen molar-refractivity contribution >= 4 is 0 Å². The number of aliphatic hydroxyl groups excluding tert-OH is 3. The number of rotatable bonds is 11. The maximum Gasteiger partial charge on any atom is 0.186 e. The van der Waals surface area contributed by atoms with Crippen LogP contribution in [-0.2, 0) is 14.2 Å². The standard InChI is InChI=1S/C23H30O10/c1-28-15-6-4-5-7-16(15)32-18(11-24)22(13-8-9-14(25)17(10-13)29-2)31-12-19-20(26)21(27)23(30-3)33-19/h4-10,18-27H,11-12H2,1-3H3/t18-,19-,20-,21+,22+,23+/m0/s1. The van der Waals surface area contributed by atoms with Gasteiger partial charge in [-0.3, -0.25) is 0 Å². The molecule has 0 bridgehead atoms. The van der Waals surface area contributed by atoms with Crippen molar-refractivity contribution in [2.24, 2.45) is 0 Å². The molecule has 0 amide bonds. The van der Waals surface area contributed by atoms with E-state index in [4.69, 9.17) is 28.4 Å². The molecule has 2 aromatic rings. The van der Waals surface area contributed by atoms with Crippen LogP contribution in [0.25, 0.3) is 0 Å². The minimum atomic E-state index is -1.23. The van der Waals surface area contributed by atoms with E-state index in [1.807, 2.05) is 0 Å². The zero-order valence-electron chi connectivity index (χ0n) is 18.7. The highest BCUT2D eigenvalue weighted by molar-refractivity contribution is 5.43. The lowest BCUT2D eigenvalue weighted by atomic mass is 10.0. The monoisotopic (exact) mass is 466 g/mol. The van der Waals surface area contributed by atoms with Crippen LogP contribution in [0.3, 0.4) is 0 Å². The number of aliphatic hydroxyl groups is 3. The largest absolute Gasteiger partial charge is 0.504 e. The first-order valence-electron chi connectivity index (χ1n) is 10.4. The summed E-state index contributed by atoms with van der Waals surface area (Å²) < 4.78 is 33.1. The Morgan fingerprint density at radius 3 is 2.24 bits per heavy atom. The number of hydrogen-bond donors (Lipinski definition) is 4. The molecule has 2 aromatic carbocycles. The van der Waals surface area contributed by atoms with Crippen molar-refractivity contribution in [3.63, 3.8) is 0 Å². The lowest BCUT2D eigenvalue weighted by molar-refractivity contribution is -0.163. The highest BCUT2D eigenvalue weighted by Crippen LogP contribution is 2.35. The van der Waals surface area contributed by atoms with Gasteiger partial charge in [-0.15, -0.1) is 0 Å². The van der Waals surface area contributed by atoms with Gasteiger partial charge in [0.1, 0.15) is 24.4 Å². The summed E-state index contributed by atoms with van der Waals surface area (Å²) in [6.07, 6.45) is -6.10. The normalized spacial score (nSPS) is 24.3. The molecule has 0 saturated carbocycles. The Bertz CT molecular complexity index is 891. The van der Waals surface area contributed by atoms with Crippen molar-refractivity contribution in [1.29, 1.82) is 0 Å². The molecule has 10 nitrogen and oxygen atoms in total. The summed E-state index contributed by atoms with van der Waals surface area (Å²) >= 11 is 0. The van der Waals surface area contributed by atoms with Gasteiger partial charge in [-0.25, -0.2) is 0 Å². The van der Waals surface area contributed by atoms with Gasteiger partial charge in [0.25, 0.3) is 0 Å². The fraction of sp³-hybridized carbons (Fsp3) is 0.478. The predicted molar refractivity (Wildman–Crippen MR) is 116 cm³/mol. The van der Waals surface area contributed by atoms with Crippen LogP contribution in [0.1, 0.15) is 11.7 Å². The Labute approximate surface area is 191 Å². The molecule has 1 heterocycles. The number of aromatic hydroxyl groups is 1. The van der Waals surface area contributed by atoms with Crippen molar-refractivity contribution in [2.75, 3.05) is 34.5 Å². The van der Waals surface area contributed by atoms with Gasteiger partial charge in [0.15, 0.2) is 35.4 Å². The van der Waals surface area contributed by atoms with Crippen molar-refractivity contribution in [2.45, 2.75) is 36.8 Å². The minimum absolute atomic E-state index is 0.0631. The second-order valence-corrected chi connectivity index (χ2v) is 7.43. The summed E-state index contributed by atoms with van der Waals surface area (Å²) in [5, 5.41) is 40.5. The van der Waals surface area contributed by atoms with Gasteiger partial charge in [0, 0.05) is 7.11 Å². The van der Waals surface area contributed by atoms with E-state index < -0.39 is 43.4 Å². The second-order valence-electron chi connectivity index (χ2n) is 7.43. The maximum absolute atomic E-state index is 10.3. The summed E-state index contributed by atoms with van der Waals surface area (Å²) in [6, 6.07) is 11.6. The Morgan fingerprint density at radius 2 is 1.64 bits per heavy atom. The lowest BCUT2D eigenvalue weighted by Gasteiger charge is -2.29. The Balaban J connectivity index is 1.87. The fourth-order valence-electron chi connectivity index (χ4n) is 3.61. The summed E-state index contributed by atoms with van der Waals surface area (Å²) in [6.45, 7) is -0.568. The summed E-state index contributed by atoms with van der Waals surface area (Å²) in [4.78, 5) is 0. The Kier molecular flexibility index (Phi) is 8.73. The first-order chi connectivity index (χ1) is 15.9. The average molecular weight is 466 g/mol. The minimum Gasteiger partial charge on any atom is -0.504 e. The first-order valence-corrected chi connectivity index (χ1v) is 10.4. The van der Waals surface area contributed by atoms with E-state index in [9.17, 15) is 20.4 Å². The Morgan fingerprint density at radius 1 is 0.939 bits per heavy atom. The van der Waals surface area contributed by atoms with Crippen LogP contribution in [-0.4, -0.2) is 85.7 Å². The predicted octanol–water partition coefficient (Wildman–Crippen LogP) is 1.00. The van der Waals surface area contributed by atoms with E-state index in [0.717, 1.165) is 0 Å².